The van der Waals surface area contributed by atoms with E-state index < -0.39 is 0 Å². The van der Waals surface area contributed by atoms with Gasteiger partial charge in [-0.25, -0.2) is 0 Å². The standard InChI is InChI=1S/C16H26N2/c1-3-16-13-18(11-7-10-17-16)12-14(2)15-8-5-4-6-9-15/h4-6,8-9,14,16-17H,3,7,10-13H2,1-2H3. The highest BCUT2D eigenvalue weighted by Gasteiger charge is 2.18. The molecule has 0 radical (unpaired) electrons. The van der Waals surface area contributed by atoms with Crippen LogP contribution >= 0.6 is 0 Å². The maximum atomic E-state index is 3.63. The SMILES string of the molecule is CCC1CN(CC(C)c2ccccc2)CCCN1. The summed E-state index contributed by atoms with van der Waals surface area (Å²) in [6.45, 7) is 9.42. The number of nitrogens with one attached hydrogen (secondary N) is 1. The van der Waals surface area contributed by atoms with Gasteiger partial charge in [0.25, 0.3) is 0 Å². The highest BCUT2D eigenvalue weighted by molar-refractivity contribution is 5.19. The maximum absolute atomic E-state index is 3.63. The Kier molecular flexibility index (Phi) is 5.21. The summed E-state index contributed by atoms with van der Waals surface area (Å²) in [5.41, 5.74) is 1.46. The van der Waals surface area contributed by atoms with Crippen LogP contribution in [0, 0.1) is 0 Å². The van der Waals surface area contributed by atoms with Crippen molar-refractivity contribution in [2.24, 2.45) is 0 Å². The fourth-order valence-corrected chi connectivity index (χ4v) is 2.79. The zero-order valence-corrected chi connectivity index (χ0v) is 11.7. The van der Waals surface area contributed by atoms with Crippen LogP contribution in [0.3, 0.4) is 0 Å². The number of hydrogen-bond acceptors (Lipinski definition) is 2. The Morgan fingerprint density at radius 3 is 2.83 bits per heavy atom. The highest BCUT2D eigenvalue weighted by atomic mass is 15.2. The van der Waals surface area contributed by atoms with Crippen LogP contribution in [-0.4, -0.2) is 37.1 Å². The monoisotopic (exact) mass is 246 g/mol. The molecule has 2 nitrogen and oxygen atoms in total. The van der Waals surface area contributed by atoms with Crippen LogP contribution in [0.4, 0.5) is 0 Å². The first kappa shape index (κ1) is 13.6. The second kappa shape index (κ2) is 6.91. The molecule has 1 aliphatic heterocycles. The van der Waals surface area contributed by atoms with E-state index in [0.717, 1.165) is 0 Å². The average Bonchev–Trinajstić information content (AvgIpc) is 2.65. The van der Waals surface area contributed by atoms with E-state index in [9.17, 15) is 0 Å². The lowest BCUT2D eigenvalue weighted by molar-refractivity contribution is 0.253. The minimum Gasteiger partial charge on any atom is -0.313 e. The van der Waals surface area contributed by atoms with Gasteiger partial charge in [0.05, 0.1) is 0 Å². The van der Waals surface area contributed by atoms with Crippen molar-refractivity contribution < 1.29 is 0 Å². The summed E-state index contributed by atoms with van der Waals surface area (Å²) in [4.78, 5) is 2.63. The quantitative estimate of drug-likeness (QED) is 0.879. The van der Waals surface area contributed by atoms with Gasteiger partial charge in [0.1, 0.15) is 0 Å². The van der Waals surface area contributed by atoms with Gasteiger partial charge in [0.15, 0.2) is 0 Å². The molecule has 1 aromatic rings. The molecule has 0 bridgehead atoms. The first-order valence-corrected chi connectivity index (χ1v) is 7.30. The lowest BCUT2D eigenvalue weighted by atomic mass is 10.0. The first-order valence-electron chi connectivity index (χ1n) is 7.30. The van der Waals surface area contributed by atoms with Crippen LogP contribution < -0.4 is 5.32 Å². The molecule has 2 rings (SSSR count). The highest BCUT2D eigenvalue weighted by Crippen LogP contribution is 2.17. The smallest absolute Gasteiger partial charge is 0.0192 e. The predicted octanol–water partition coefficient (Wildman–Crippen LogP) is 2.86. The Balaban J connectivity index is 1.91. The van der Waals surface area contributed by atoms with Crippen molar-refractivity contribution >= 4 is 0 Å². The molecule has 1 aromatic carbocycles. The summed E-state index contributed by atoms with van der Waals surface area (Å²) >= 11 is 0. The Morgan fingerprint density at radius 1 is 1.33 bits per heavy atom. The lowest BCUT2D eigenvalue weighted by Crippen LogP contribution is -2.38. The molecular weight excluding hydrogens is 220 g/mol. The van der Waals surface area contributed by atoms with Crippen LogP contribution in [-0.2, 0) is 0 Å². The average molecular weight is 246 g/mol. The summed E-state index contributed by atoms with van der Waals surface area (Å²) in [6, 6.07) is 11.6. The molecule has 1 aliphatic rings. The molecule has 18 heavy (non-hydrogen) atoms. The van der Waals surface area contributed by atoms with Crippen LogP contribution in [0.5, 0.6) is 0 Å². The van der Waals surface area contributed by atoms with Gasteiger partial charge in [0.2, 0.25) is 0 Å². The Bertz CT molecular complexity index is 336. The first-order chi connectivity index (χ1) is 8.79. The fourth-order valence-electron chi connectivity index (χ4n) is 2.79. The molecule has 0 aromatic heterocycles. The minimum absolute atomic E-state index is 0.627. The molecule has 0 aliphatic carbocycles. The molecule has 1 fully saturated rings. The van der Waals surface area contributed by atoms with Crippen LogP contribution in [0.1, 0.15) is 38.2 Å². The van der Waals surface area contributed by atoms with E-state index in [-0.39, 0.29) is 0 Å². The molecule has 2 heteroatoms. The van der Waals surface area contributed by atoms with Gasteiger partial charge in [-0.3, -0.25) is 0 Å². The summed E-state index contributed by atoms with van der Waals surface area (Å²) in [5, 5.41) is 3.63. The zero-order chi connectivity index (χ0) is 12.8. The molecule has 100 valence electrons. The third kappa shape index (κ3) is 3.82. The molecule has 0 saturated carbocycles. The predicted molar refractivity (Wildman–Crippen MR) is 78.0 cm³/mol. The number of benzene rings is 1. The third-order valence-electron chi connectivity index (χ3n) is 3.96. The summed E-state index contributed by atoms with van der Waals surface area (Å²) in [6.07, 6.45) is 2.51. The topological polar surface area (TPSA) is 15.3 Å². The summed E-state index contributed by atoms with van der Waals surface area (Å²) in [5.74, 6) is 0.627. The van der Waals surface area contributed by atoms with Gasteiger partial charge in [-0.15, -0.1) is 0 Å². The Hall–Kier alpha value is -0.860. The van der Waals surface area contributed by atoms with Gasteiger partial charge >= 0.3 is 0 Å². The van der Waals surface area contributed by atoms with Crippen molar-refractivity contribution in [3.8, 4) is 0 Å². The Morgan fingerprint density at radius 2 is 2.11 bits per heavy atom. The van der Waals surface area contributed by atoms with Crippen molar-refractivity contribution in [3.63, 3.8) is 0 Å². The van der Waals surface area contributed by atoms with Crippen molar-refractivity contribution in [2.75, 3.05) is 26.2 Å². The minimum atomic E-state index is 0.627. The molecule has 0 spiro atoms. The van der Waals surface area contributed by atoms with Crippen molar-refractivity contribution in [1.29, 1.82) is 0 Å². The second-order valence-electron chi connectivity index (χ2n) is 5.48. The van der Waals surface area contributed by atoms with Gasteiger partial charge in [-0.1, -0.05) is 44.2 Å². The van der Waals surface area contributed by atoms with Crippen LogP contribution in [0.25, 0.3) is 0 Å². The fraction of sp³-hybridized carbons (Fsp3) is 0.625. The van der Waals surface area contributed by atoms with E-state index in [2.05, 4.69) is 54.4 Å². The van der Waals surface area contributed by atoms with E-state index in [4.69, 9.17) is 0 Å². The summed E-state index contributed by atoms with van der Waals surface area (Å²) < 4.78 is 0. The Labute approximate surface area is 111 Å². The van der Waals surface area contributed by atoms with Gasteiger partial charge in [-0.2, -0.15) is 0 Å². The van der Waals surface area contributed by atoms with Crippen molar-refractivity contribution in [3.05, 3.63) is 35.9 Å². The van der Waals surface area contributed by atoms with Crippen molar-refractivity contribution in [1.82, 2.24) is 10.2 Å². The zero-order valence-electron chi connectivity index (χ0n) is 11.7. The van der Waals surface area contributed by atoms with Gasteiger partial charge < -0.3 is 10.2 Å². The lowest BCUT2D eigenvalue weighted by Gasteiger charge is -2.26. The molecule has 1 heterocycles. The van der Waals surface area contributed by atoms with Crippen LogP contribution in [0.2, 0.25) is 0 Å². The second-order valence-corrected chi connectivity index (χ2v) is 5.48. The van der Waals surface area contributed by atoms with Gasteiger partial charge in [-0.05, 0) is 37.4 Å². The molecule has 1 N–H and O–H groups in total. The number of hydrogen-bond donors (Lipinski definition) is 1. The normalized spacial score (nSPS) is 23.6. The molecule has 1 saturated heterocycles. The molecule has 2 atom stereocenters. The maximum Gasteiger partial charge on any atom is 0.0192 e. The largest absolute Gasteiger partial charge is 0.313 e. The van der Waals surface area contributed by atoms with E-state index in [0.29, 0.717) is 12.0 Å². The number of nitrogens with zero attached hydrogens (tertiary/aromatic N) is 1. The van der Waals surface area contributed by atoms with Crippen LogP contribution in [0.15, 0.2) is 30.3 Å². The molecular formula is C16H26N2. The van der Waals surface area contributed by atoms with Crippen molar-refractivity contribution in [2.45, 2.75) is 38.6 Å². The van der Waals surface area contributed by atoms with E-state index in [1.807, 2.05) is 0 Å². The number of rotatable bonds is 4. The van der Waals surface area contributed by atoms with Gasteiger partial charge in [0, 0.05) is 19.1 Å². The molecule has 0 amide bonds. The molecule has 2 unspecified atom stereocenters. The third-order valence-corrected chi connectivity index (χ3v) is 3.96. The summed E-state index contributed by atoms with van der Waals surface area (Å²) in [7, 11) is 0. The van der Waals surface area contributed by atoms with E-state index >= 15 is 0 Å². The van der Waals surface area contributed by atoms with E-state index in [1.165, 1.54) is 44.6 Å². The van der Waals surface area contributed by atoms with E-state index in [1.54, 1.807) is 0 Å².